The summed E-state index contributed by atoms with van der Waals surface area (Å²) in [6, 6.07) is 15.5. The van der Waals surface area contributed by atoms with Crippen molar-refractivity contribution >= 4 is 5.91 Å². The van der Waals surface area contributed by atoms with Crippen LogP contribution in [0, 0.1) is 25.7 Å². The van der Waals surface area contributed by atoms with E-state index in [0.717, 1.165) is 35.9 Å². The fourth-order valence-electron chi connectivity index (χ4n) is 4.24. The Morgan fingerprint density at radius 1 is 1.03 bits per heavy atom. The van der Waals surface area contributed by atoms with Crippen LogP contribution in [0.25, 0.3) is 11.5 Å². The lowest BCUT2D eigenvalue weighted by atomic mass is 9.91. The number of carbonyl (C=O) groups excluding carboxylic acids is 1. The predicted molar refractivity (Wildman–Crippen MR) is 121 cm³/mol. The third-order valence-corrected chi connectivity index (χ3v) is 5.82. The number of hydrogen-bond donors (Lipinski definition) is 0. The summed E-state index contributed by atoms with van der Waals surface area (Å²) in [6.07, 6.45) is 1.18. The molecule has 162 valence electrons. The van der Waals surface area contributed by atoms with Crippen LogP contribution < -0.4 is 4.74 Å². The second-order valence-electron chi connectivity index (χ2n) is 8.86. The highest BCUT2D eigenvalue weighted by Crippen LogP contribution is 2.26. The van der Waals surface area contributed by atoms with Crippen molar-refractivity contribution in [1.82, 2.24) is 9.88 Å². The number of aryl methyl sites for hydroxylation is 2. The summed E-state index contributed by atoms with van der Waals surface area (Å²) < 4.78 is 11.7. The monoisotopic (exact) mass is 418 g/mol. The molecule has 0 saturated carbocycles. The highest BCUT2D eigenvalue weighted by atomic mass is 16.5. The van der Waals surface area contributed by atoms with E-state index in [9.17, 15) is 4.79 Å². The first-order chi connectivity index (χ1) is 14.9. The van der Waals surface area contributed by atoms with E-state index in [-0.39, 0.29) is 5.91 Å². The molecule has 0 bridgehead atoms. The van der Waals surface area contributed by atoms with E-state index < -0.39 is 0 Å². The van der Waals surface area contributed by atoms with Gasteiger partial charge in [0.05, 0.1) is 0 Å². The summed E-state index contributed by atoms with van der Waals surface area (Å²) in [7, 11) is 0. The number of piperidine rings is 1. The molecule has 1 saturated heterocycles. The van der Waals surface area contributed by atoms with Gasteiger partial charge in [-0.15, -0.1) is 0 Å². The Hall–Kier alpha value is -3.08. The lowest BCUT2D eigenvalue weighted by molar-refractivity contribution is 0.0623. The molecule has 1 aliphatic heterocycles. The molecule has 2 aromatic carbocycles. The smallest absolute Gasteiger partial charge is 0.253 e. The van der Waals surface area contributed by atoms with Crippen molar-refractivity contribution in [3.63, 3.8) is 0 Å². The number of hydrogen-bond acceptors (Lipinski definition) is 4. The van der Waals surface area contributed by atoms with Crippen LogP contribution in [0.5, 0.6) is 5.75 Å². The van der Waals surface area contributed by atoms with E-state index in [4.69, 9.17) is 9.15 Å². The van der Waals surface area contributed by atoms with Gasteiger partial charge in [-0.1, -0.05) is 31.5 Å². The standard InChI is InChI=1S/C26H30N2O3/c1-17-5-11-23(12-6-17)30-16-24-20(4)31-25(27-24)21-7-9-22(10-8-21)26(29)28-14-18(2)13-19(3)15-28/h5-12,18-19H,13-16H2,1-4H3. The molecule has 2 unspecified atom stereocenters. The van der Waals surface area contributed by atoms with Gasteiger partial charge in [0, 0.05) is 24.2 Å². The van der Waals surface area contributed by atoms with Crippen LogP contribution in [0.1, 0.15) is 47.6 Å². The Kier molecular flexibility index (Phi) is 6.12. The first-order valence-corrected chi connectivity index (χ1v) is 10.9. The molecule has 0 aliphatic carbocycles. The van der Waals surface area contributed by atoms with Crippen LogP contribution in [-0.4, -0.2) is 28.9 Å². The molecular formula is C26H30N2O3. The molecule has 31 heavy (non-hydrogen) atoms. The van der Waals surface area contributed by atoms with Crippen molar-refractivity contribution in [2.24, 2.45) is 11.8 Å². The van der Waals surface area contributed by atoms with Crippen LogP contribution >= 0.6 is 0 Å². The lowest BCUT2D eigenvalue weighted by Gasteiger charge is -2.35. The van der Waals surface area contributed by atoms with Gasteiger partial charge < -0.3 is 14.1 Å². The largest absolute Gasteiger partial charge is 0.487 e. The van der Waals surface area contributed by atoms with E-state index in [1.807, 2.05) is 67.3 Å². The second-order valence-corrected chi connectivity index (χ2v) is 8.86. The third kappa shape index (κ3) is 4.98. The van der Waals surface area contributed by atoms with Gasteiger partial charge in [-0.25, -0.2) is 4.98 Å². The summed E-state index contributed by atoms with van der Waals surface area (Å²) in [5, 5.41) is 0. The Morgan fingerprint density at radius 3 is 2.32 bits per heavy atom. The Balaban J connectivity index is 1.43. The van der Waals surface area contributed by atoms with Crippen molar-refractivity contribution in [2.45, 2.75) is 40.7 Å². The number of likely N-dealkylation sites (tertiary alicyclic amines) is 1. The van der Waals surface area contributed by atoms with E-state index in [2.05, 4.69) is 18.8 Å². The molecule has 1 aliphatic rings. The number of carbonyl (C=O) groups is 1. The molecule has 1 aromatic heterocycles. The predicted octanol–water partition coefficient (Wildman–Crippen LogP) is 5.66. The van der Waals surface area contributed by atoms with Crippen LogP contribution in [-0.2, 0) is 6.61 Å². The van der Waals surface area contributed by atoms with Crippen molar-refractivity contribution in [1.29, 1.82) is 0 Å². The topological polar surface area (TPSA) is 55.6 Å². The van der Waals surface area contributed by atoms with E-state index in [1.165, 1.54) is 12.0 Å². The van der Waals surface area contributed by atoms with Crippen molar-refractivity contribution in [3.8, 4) is 17.2 Å². The average Bonchev–Trinajstić information content (AvgIpc) is 3.13. The highest BCUT2D eigenvalue weighted by Gasteiger charge is 2.26. The molecule has 3 aromatic rings. The maximum Gasteiger partial charge on any atom is 0.253 e. The van der Waals surface area contributed by atoms with Gasteiger partial charge in [0.1, 0.15) is 23.8 Å². The minimum atomic E-state index is 0.0979. The molecular weight excluding hydrogens is 388 g/mol. The molecule has 2 heterocycles. The van der Waals surface area contributed by atoms with Gasteiger partial charge in [-0.3, -0.25) is 4.79 Å². The minimum absolute atomic E-state index is 0.0979. The number of aromatic nitrogens is 1. The van der Waals surface area contributed by atoms with Crippen LogP contribution in [0.3, 0.4) is 0 Å². The molecule has 0 N–H and O–H groups in total. The fraction of sp³-hybridized carbons (Fsp3) is 0.385. The quantitative estimate of drug-likeness (QED) is 0.537. The highest BCUT2D eigenvalue weighted by molar-refractivity contribution is 5.94. The molecule has 0 spiro atoms. The molecule has 5 heteroatoms. The maximum atomic E-state index is 12.9. The van der Waals surface area contributed by atoms with Crippen LogP contribution in [0.15, 0.2) is 52.9 Å². The summed E-state index contributed by atoms with van der Waals surface area (Å²) in [5.74, 6) is 3.27. The zero-order valence-corrected chi connectivity index (χ0v) is 18.7. The number of rotatable bonds is 5. The molecule has 2 atom stereocenters. The van der Waals surface area contributed by atoms with Gasteiger partial charge in [0.2, 0.25) is 5.89 Å². The Labute approximate surface area is 184 Å². The number of ether oxygens (including phenoxy) is 1. The molecule has 5 nitrogen and oxygen atoms in total. The number of benzene rings is 2. The van der Waals surface area contributed by atoms with E-state index in [1.54, 1.807) is 0 Å². The average molecular weight is 419 g/mol. The molecule has 4 rings (SSSR count). The summed E-state index contributed by atoms with van der Waals surface area (Å²) in [5.41, 5.74) is 3.52. The number of amides is 1. The molecule has 0 radical (unpaired) electrons. The van der Waals surface area contributed by atoms with Gasteiger partial charge in [-0.2, -0.15) is 0 Å². The van der Waals surface area contributed by atoms with Crippen molar-refractivity contribution in [3.05, 3.63) is 71.1 Å². The maximum absolute atomic E-state index is 12.9. The van der Waals surface area contributed by atoms with E-state index >= 15 is 0 Å². The summed E-state index contributed by atoms with van der Waals surface area (Å²) >= 11 is 0. The zero-order chi connectivity index (χ0) is 22.0. The van der Waals surface area contributed by atoms with Crippen molar-refractivity contribution < 1.29 is 13.9 Å². The van der Waals surface area contributed by atoms with Gasteiger partial charge in [0.25, 0.3) is 5.91 Å². The van der Waals surface area contributed by atoms with Gasteiger partial charge >= 0.3 is 0 Å². The summed E-state index contributed by atoms with van der Waals surface area (Å²) in [4.78, 5) is 19.5. The molecule has 1 amide bonds. The van der Waals surface area contributed by atoms with Gasteiger partial charge in [0.15, 0.2) is 0 Å². The minimum Gasteiger partial charge on any atom is -0.487 e. The fourth-order valence-corrected chi connectivity index (χ4v) is 4.24. The Morgan fingerprint density at radius 2 is 1.68 bits per heavy atom. The first-order valence-electron chi connectivity index (χ1n) is 10.9. The number of oxazole rings is 1. The normalized spacial score (nSPS) is 18.8. The third-order valence-electron chi connectivity index (χ3n) is 5.82. The second kappa shape index (κ2) is 8.96. The van der Waals surface area contributed by atoms with Crippen molar-refractivity contribution in [2.75, 3.05) is 13.1 Å². The van der Waals surface area contributed by atoms with Gasteiger partial charge in [-0.05, 0) is 68.5 Å². The van der Waals surface area contributed by atoms with E-state index in [0.29, 0.717) is 29.9 Å². The summed E-state index contributed by atoms with van der Waals surface area (Å²) in [6.45, 7) is 10.4. The number of nitrogens with zero attached hydrogens (tertiary/aromatic N) is 2. The van der Waals surface area contributed by atoms with Crippen LogP contribution in [0.2, 0.25) is 0 Å². The first kappa shape index (κ1) is 21.2. The zero-order valence-electron chi connectivity index (χ0n) is 18.7. The Bertz CT molecular complexity index is 1030. The lowest BCUT2D eigenvalue weighted by Crippen LogP contribution is -2.42. The SMILES string of the molecule is Cc1ccc(OCc2nc(-c3ccc(C(=O)N4CC(C)CC(C)C4)cc3)oc2C)cc1. The molecule has 1 fully saturated rings. The van der Waals surface area contributed by atoms with Crippen LogP contribution in [0.4, 0.5) is 0 Å².